The normalized spacial score (nSPS) is 10.9. The van der Waals surface area contributed by atoms with E-state index in [0.29, 0.717) is 5.02 Å². The summed E-state index contributed by atoms with van der Waals surface area (Å²) in [5.74, 6) is -0.0884. The monoisotopic (exact) mass is 313 g/mol. The molecule has 3 rings (SSSR count). The van der Waals surface area contributed by atoms with E-state index in [1.54, 1.807) is 18.4 Å². The zero-order valence-electron chi connectivity index (χ0n) is 12.4. The minimum absolute atomic E-state index is 0.0884. The van der Waals surface area contributed by atoms with Crippen LogP contribution < -0.4 is 5.32 Å². The molecule has 0 atom stereocenters. The van der Waals surface area contributed by atoms with Crippen LogP contribution in [-0.2, 0) is 11.2 Å². The Morgan fingerprint density at radius 2 is 2.00 bits per heavy atom. The molecule has 0 aliphatic rings. The van der Waals surface area contributed by atoms with Gasteiger partial charge in [-0.3, -0.25) is 4.79 Å². The predicted octanol–water partition coefficient (Wildman–Crippen LogP) is 4.88. The molecule has 0 saturated carbocycles. The Balaban J connectivity index is 1.81. The second-order valence-corrected chi connectivity index (χ2v) is 5.88. The van der Waals surface area contributed by atoms with Gasteiger partial charge in [0.05, 0.1) is 12.7 Å². The van der Waals surface area contributed by atoms with E-state index in [2.05, 4.69) is 5.32 Å². The number of furan rings is 1. The van der Waals surface area contributed by atoms with Crippen LogP contribution in [0.25, 0.3) is 11.0 Å². The number of halogens is 1. The predicted molar refractivity (Wildman–Crippen MR) is 89.5 cm³/mol. The Bertz CT molecular complexity index is 851. The molecule has 4 heteroatoms. The Labute approximate surface area is 133 Å². The van der Waals surface area contributed by atoms with E-state index in [1.165, 1.54) is 0 Å². The van der Waals surface area contributed by atoms with Gasteiger partial charge >= 0.3 is 0 Å². The van der Waals surface area contributed by atoms with Gasteiger partial charge in [0.1, 0.15) is 5.58 Å². The van der Waals surface area contributed by atoms with Crippen LogP contribution in [-0.4, -0.2) is 5.91 Å². The number of anilines is 1. The molecule has 2 aromatic carbocycles. The van der Waals surface area contributed by atoms with Crippen LogP contribution in [0, 0.1) is 13.8 Å². The minimum Gasteiger partial charge on any atom is -0.464 e. The molecule has 112 valence electrons. The lowest BCUT2D eigenvalue weighted by Gasteiger charge is -2.08. The summed E-state index contributed by atoms with van der Waals surface area (Å²) in [4.78, 5) is 12.3. The average Bonchev–Trinajstić information content (AvgIpc) is 2.85. The molecule has 22 heavy (non-hydrogen) atoms. The van der Waals surface area contributed by atoms with E-state index < -0.39 is 0 Å². The number of benzene rings is 2. The lowest BCUT2D eigenvalue weighted by atomic mass is 10.1. The Morgan fingerprint density at radius 3 is 2.82 bits per heavy atom. The molecule has 3 aromatic rings. The van der Waals surface area contributed by atoms with E-state index >= 15 is 0 Å². The van der Waals surface area contributed by atoms with Crippen molar-refractivity contribution in [2.75, 3.05) is 5.32 Å². The fourth-order valence-corrected chi connectivity index (χ4v) is 2.60. The average molecular weight is 314 g/mol. The standard InChI is InChI=1S/C18H16ClNO2/c1-11-3-6-17-15(7-11)13(10-22-17)8-18(21)20-16-9-14(19)5-4-12(16)2/h3-7,9-10H,8H2,1-2H3,(H,20,21). The van der Waals surface area contributed by atoms with Gasteiger partial charge in [-0.05, 0) is 43.7 Å². The molecular weight excluding hydrogens is 298 g/mol. The third-order valence-electron chi connectivity index (χ3n) is 3.63. The fraction of sp³-hybridized carbons (Fsp3) is 0.167. The Hall–Kier alpha value is -2.26. The van der Waals surface area contributed by atoms with Crippen molar-refractivity contribution in [1.82, 2.24) is 0 Å². The van der Waals surface area contributed by atoms with E-state index in [9.17, 15) is 4.79 Å². The number of carbonyl (C=O) groups excluding carboxylic acids is 1. The highest BCUT2D eigenvalue weighted by Gasteiger charge is 2.12. The van der Waals surface area contributed by atoms with Crippen LogP contribution in [0.2, 0.25) is 5.02 Å². The maximum atomic E-state index is 12.3. The van der Waals surface area contributed by atoms with Crippen molar-refractivity contribution in [1.29, 1.82) is 0 Å². The largest absolute Gasteiger partial charge is 0.464 e. The van der Waals surface area contributed by atoms with Crippen molar-refractivity contribution in [3.05, 3.63) is 64.4 Å². The SMILES string of the molecule is Cc1ccc2occ(CC(=O)Nc3cc(Cl)ccc3C)c2c1. The van der Waals surface area contributed by atoms with Gasteiger partial charge in [0.2, 0.25) is 5.91 Å². The molecule has 0 aliphatic carbocycles. The van der Waals surface area contributed by atoms with Gasteiger partial charge < -0.3 is 9.73 Å². The van der Waals surface area contributed by atoms with Gasteiger partial charge in [-0.15, -0.1) is 0 Å². The molecule has 0 spiro atoms. The number of rotatable bonds is 3. The van der Waals surface area contributed by atoms with Crippen LogP contribution in [0.3, 0.4) is 0 Å². The van der Waals surface area contributed by atoms with E-state index in [-0.39, 0.29) is 12.3 Å². The zero-order chi connectivity index (χ0) is 15.7. The maximum absolute atomic E-state index is 12.3. The second-order valence-electron chi connectivity index (χ2n) is 5.44. The highest BCUT2D eigenvalue weighted by molar-refractivity contribution is 6.31. The molecule has 0 unspecified atom stereocenters. The highest BCUT2D eigenvalue weighted by Crippen LogP contribution is 2.24. The lowest BCUT2D eigenvalue weighted by Crippen LogP contribution is -2.15. The maximum Gasteiger partial charge on any atom is 0.228 e. The fourth-order valence-electron chi connectivity index (χ4n) is 2.43. The molecule has 1 aromatic heterocycles. The van der Waals surface area contributed by atoms with Gasteiger partial charge in [0, 0.05) is 21.7 Å². The lowest BCUT2D eigenvalue weighted by molar-refractivity contribution is -0.115. The summed E-state index contributed by atoms with van der Waals surface area (Å²) >= 11 is 5.97. The number of aryl methyl sites for hydroxylation is 2. The van der Waals surface area contributed by atoms with E-state index in [4.69, 9.17) is 16.0 Å². The molecule has 1 heterocycles. The summed E-state index contributed by atoms with van der Waals surface area (Å²) in [6, 6.07) is 11.4. The summed E-state index contributed by atoms with van der Waals surface area (Å²) < 4.78 is 5.50. The number of fused-ring (bicyclic) bond motifs is 1. The van der Waals surface area contributed by atoms with Crippen LogP contribution in [0.15, 0.2) is 47.1 Å². The molecular formula is C18H16ClNO2. The summed E-state index contributed by atoms with van der Waals surface area (Å²) in [6.07, 6.45) is 1.91. The van der Waals surface area contributed by atoms with E-state index in [0.717, 1.165) is 33.3 Å². The van der Waals surface area contributed by atoms with Crippen molar-refractivity contribution in [2.24, 2.45) is 0 Å². The minimum atomic E-state index is -0.0884. The molecule has 0 saturated heterocycles. The van der Waals surface area contributed by atoms with Gasteiger partial charge in [0.15, 0.2) is 0 Å². The van der Waals surface area contributed by atoms with Crippen molar-refractivity contribution in [3.8, 4) is 0 Å². The number of amides is 1. The van der Waals surface area contributed by atoms with Crippen LogP contribution in [0.5, 0.6) is 0 Å². The van der Waals surface area contributed by atoms with Crippen molar-refractivity contribution < 1.29 is 9.21 Å². The first-order valence-corrected chi connectivity index (χ1v) is 7.43. The molecule has 0 bridgehead atoms. The Kier molecular flexibility index (Phi) is 3.90. The number of hydrogen-bond acceptors (Lipinski definition) is 2. The quantitative estimate of drug-likeness (QED) is 0.748. The van der Waals surface area contributed by atoms with Gasteiger partial charge in [-0.1, -0.05) is 29.3 Å². The number of carbonyl (C=O) groups is 1. The van der Waals surface area contributed by atoms with Gasteiger partial charge in [-0.25, -0.2) is 0 Å². The van der Waals surface area contributed by atoms with Crippen LogP contribution in [0.1, 0.15) is 16.7 Å². The Morgan fingerprint density at radius 1 is 1.18 bits per heavy atom. The first kappa shape index (κ1) is 14.7. The number of nitrogens with one attached hydrogen (secondary N) is 1. The summed E-state index contributed by atoms with van der Waals surface area (Å²) in [5, 5.41) is 4.49. The summed E-state index contributed by atoms with van der Waals surface area (Å²) in [6.45, 7) is 3.95. The molecule has 0 aliphatic heterocycles. The molecule has 3 nitrogen and oxygen atoms in total. The summed E-state index contributed by atoms with van der Waals surface area (Å²) in [7, 11) is 0. The molecule has 0 fully saturated rings. The van der Waals surface area contributed by atoms with Crippen molar-refractivity contribution in [2.45, 2.75) is 20.3 Å². The zero-order valence-corrected chi connectivity index (χ0v) is 13.2. The highest BCUT2D eigenvalue weighted by atomic mass is 35.5. The first-order valence-electron chi connectivity index (χ1n) is 7.05. The van der Waals surface area contributed by atoms with E-state index in [1.807, 2.05) is 38.1 Å². The van der Waals surface area contributed by atoms with Crippen molar-refractivity contribution in [3.63, 3.8) is 0 Å². The third-order valence-corrected chi connectivity index (χ3v) is 3.87. The van der Waals surface area contributed by atoms with Gasteiger partial charge in [0.25, 0.3) is 0 Å². The third kappa shape index (κ3) is 3.00. The smallest absolute Gasteiger partial charge is 0.228 e. The van der Waals surface area contributed by atoms with Crippen LogP contribution in [0.4, 0.5) is 5.69 Å². The first-order chi connectivity index (χ1) is 10.5. The van der Waals surface area contributed by atoms with Gasteiger partial charge in [-0.2, -0.15) is 0 Å². The molecule has 1 N–H and O–H groups in total. The molecule has 0 radical (unpaired) electrons. The van der Waals surface area contributed by atoms with Crippen LogP contribution >= 0.6 is 11.6 Å². The topological polar surface area (TPSA) is 42.2 Å². The molecule has 1 amide bonds. The number of hydrogen-bond donors (Lipinski definition) is 1. The summed E-state index contributed by atoms with van der Waals surface area (Å²) in [5.41, 5.74) is 4.54. The van der Waals surface area contributed by atoms with Crippen molar-refractivity contribution >= 4 is 34.2 Å². The second kappa shape index (κ2) is 5.85.